The van der Waals surface area contributed by atoms with Gasteiger partial charge in [-0.3, -0.25) is 0 Å². The summed E-state index contributed by atoms with van der Waals surface area (Å²) in [6, 6.07) is 7.49. The molecule has 0 atom stereocenters. The van der Waals surface area contributed by atoms with Gasteiger partial charge >= 0.3 is 0 Å². The lowest BCUT2D eigenvalue weighted by atomic mass is 10.2. The summed E-state index contributed by atoms with van der Waals surface area (Å²) in [4.78, 5) is 12.4. The van der Waals surface area contributed by atoms with Crippen molar-refractivity contribution in [2.45, 2.75) is 6.92 Å². The summed E-state index contributed by atoms with van der Waals surface area (Å²) in [5.74, 6) is 0. The molecule has 5 heteroatoms. The molecule has 0 amide bonds. The minimum Gasteiger partial charge on any atom is -0.239 e. The Kier molecular flexibility index (Phi) is 2.98. The van der Waals surface area contributed by atoms with Crippen LogP contribution in [0.25, 0.3) is 11.4 Å². The van der Waals surface area contributed by atoms with Crippen LogP contribution in [0.4, 0.5) is 0 Å². The number of nitrogens with zero attached hydrogens (tertiary/aromatic N) is 3. The van der Waals surface area contributed by atoms with Crippen molar-refractivity contribution in [3.63, 3.8) is 0 Å². The van der Waals surface area contributed by atoms with Crippen molar-refractivity contribution in [2.75, 3.05) is 0 Å². The van der Waals surface area contributed by atoms with Crippen LogP contribution in [0, 0.1) is 6.92 Å². The smallest absolute Gasteiger partial charge is 0.223 e. The molecule has 0 radical (unpaired) electrons. The van der Waals surface area contributed by atoms with Gasteiger partial charge in [0.25, 0.3) is 0 Å². The molecule has 2 aromatic heterocycles. The Bertz CT molecular complexity index is 482. The Hall–Kier alpha value is -1.000. The van der Waals surface area contributed by atoms with Crippen LogP contribution in [0.2, 0.25) is 5.28 Å². The zero-order chi connectivity index (χ0) is 10.8. The minimum atomic E-state index is 0.242. The van der Waals surface area contributed by atoms with E-state index < -0.39 is 0 Å². The molecule has 0 fully saturated rings. The van der Waals surface area contributed by atoms with Gasteiger partial charge in [-0.25, -0.2) is 15.0 Å². The fourth-order valence-electron chi connectivity index (χ4n) is 1.21. The zero-order valence-corrected chi connectivity index (χ0v) is 10.2. The summed E-state index contributed by atoms with van der Waals surface area (Å²) in [6.45, 7) is 1.87. The molecule has 0 aliphatic carbocycles. The van der Waals surface area contributed by atoms with Crippen LogP contribution in [0.3, 0.4) is 0 Å². The van der Waals surface area contributed by atoms with Crippen molar-refractivity contribution < 1.29 is 0 Å². The van der Waals surface area contributed by atoms with E-state index >= 15 is 0 Å². The topological polar surface area (TPSA) is 38.7 Å². The van der Waals surface area contributed by atoms with Gasteiger partial charge in [-0.15, -0.1) is 0 Å². The highest BCUT2D eigenvalue weighted by Gasteiger charge is 2.04. The molecule has 0 spiro atoms. The van der Waals surface area contributed by atoms with E-state index in [2.05, 4.69) is 30.9 Å². The molecule has 0 aliphatic rings. The Morgan fingerprint density at radius 3 is 2.60 bits per heavy atom. The molecule has 3 nitrogen and oxygen atoms in total. The van der Waals surface area contributed by atoms with Gasteiger partial charge in [-0.2, -0.15) is 0 Å². The SMILES string of the molecule is Cc1cc(-c2cccc(Br)n2)nc(Cl)n1. The van der Waals surface area contributed by atoms with E-state index in [1.165, 1.54) is 0 Å². The van der Waals surface area contributed by atoms with E-state index in [1.807, 2.05) is 31.2 Å². The first-order valence-electron chi connectivity index (χ1n) is 4.29. The summed E-state index contributed by atoms with van der Waals surface area (Å²) in [7, 11) is 0. The van der Waals surface area contributed by atoms with Gasteiger partial charge in [-0.1, -0.05) is 6.07 Å². The second-order valence-electron chi connectivity index (χ2n) is 3.01. The van der Waals surface area contributed by atoms with Crippen LogP contribution in [0.5, 0.6) is 0 Å². The standard InChI is InChI=1S/C10H7BrClN3/c1-6-5-8(15-10(12)13-6)7-3-2-4-9(11)14-7/h2-5H,1H3. The van der Waals surface area contributed by atoms with Crippen LogP contribution in [0.15, 0.2) is 28.9 Å². The summed E-state index contributed by atoms with van der Waals surface area (Å²) in [5, 5.41) is 0.242. The second kappa shape index (κ2) is 4.24. The van der Waals surface area contributed by atoms with Crippen molar-refractivity contribution in [1.82, 2.24) is 15.0 Å². The number of aromatic nitrogens is 3. The fourth-order valence-corrected chi connectivity index (χ4v) is 1.78. The van der Waals surface area contributed by atoms with E-state index in [9.17, 15) is 0 Å². The maximum atomic E-state index is 5.78. The highest BCUT2D eigenvalue weighted by Crippen LogP contribution is 2.18. The second-order valence-corrected chi connectivity index (χ2v) is 4.16. The molecule has 2 rings (SSSR count). The average molecular weight is 285 g/mol. The lowest BCUT2D eigenvalue weighted by Crippen LogP contribution is -1.92. The van der Waals surface area contributed by atoms with Crippen LogP contribution in [0.1, 0.15) is 5.69 Å². The molecule has 76 valence electrons. The van der Waals surface area contributed by atoms with Gasteiger partial charge in [-0.05, 0) is 52.7 Å². The minimum absolute atomic E-state index is 0.242. The summed E-state index contributed by atoms with van der Waals surface area (Å²) >= 11 is 9.09. The lowest BCUT2D eigenvalue weighted by molar-refractivity contribution is 1.09. The first-order chi connectivity index (χ1) is 7.15. The summed E-state index contributed by atoms with van der Waals surface area (Å²) in [5.41, 5.74) is 2.33. The third-order valence-electron chi connectivity index (χ3n) is 1.80. The summed E-state index contributed by atoms with van der Waals surface area (Å²) in [6.07, 6.45) is 0. The maximum Gasteiger partial charge on any atom is 0.223 e. The molecule has 0 saturated heterocycles. The quantitative estimate of drug-likeness (QED) is 0.596. The van der Waals surface area contributed by atoms with E-state index in [-0.39, 0.29) is 5.28 Å². The van der Waals surface area contributed by atoms with E-state index in [0.29, 0.717) is 0 Å². The normalized spacial score (nSPS) is 10.3. The molecular formula is C10H7BrClN3. The molecule has 0 unspecified atom stereocenters. The zero-order valence-electron chi connectivity index (χ0n) is 7.91. The monoisotopic (exact) mass is 283 g/mol. The predicted octanol–water partition coefficient (Wildman–Crippen LogP) is 3.26. The molecule has 15 heavy (non-hydrogen) atoms. The van der Waals surface area contributed by atoms with E-state index in [1.54, 1.807) is 0 Å². The first kappa shape index (κ1) is 10.5. The largest absolute Gasteiger partial charge is 0.239 e. The predicted molar refractivity (Wildman–Crippen MR) is 62.7 cm³/mol. The van der Waals surface area contributed by atoms with Gasteiger partial charge in [0.15, 0.2) is 0 Å². The number of hydrogen-bond donors (Lipinski definition) is 0. The highest BCUT2D eigenvalue weighted by atomic mass is 79.9. The van der Waals surface area contributed by atoms with Crippen molar-refractivity contribution in [3.05, 3.63) is 39.8 Å². The van der Waals surface area contributed by atoms with Gasteiger partial charge in [0.1, 0.15) is 4.60 Å². The van der Waals surface area contributed by atoms with Gasteiger partial charge < -0.3 is 0 Å². The van der Waals surface area contributed by atoms with Crippen LogP contribution < -0.4 is 0 Å². The maximum absolute atomic E-state index is 5.78. The van der Waals surface area contributed by atoms with Crippen molar-refractivity contribution in [2.24, 2.45) is 0 Å². The fraction of sp³-hybridized carbons (Fsp3) is 0.100. The molecule has 0 N–H and O–H groups in total. The number of aryl methyl sites for hydroxylation is 1. The van der Waals surface area contributed by atoms with Crippen LogP contribution >= 0.6 is 27.5 Å². The van der Waals surface area contributed by atoms with E-state index in [0.717, 1.165) is 21.7 Å². The molecular weight excluding hydrogens is 277 g/mol. The number of pyridine rings is 1. The van der Waals surface area contributed by atoms with Gasteiger partial charge in [0, 0.05) is 5.69 Å². The number of rotatable bonds is 1. The Morgan fingerprint density at radius 1 is 1.13 bits per heavy atom. The molecule has 2 heterocycles. The molecule has 0 aromatic carbocycles. The summed E-state index contributed by atoms with van der Waals surface area (Å²) < 4.78 is 0.771. The van der Waals surface area contributed by atoms with Crippen molar-refractivity contribution in [3.8, 4) is 11.4 Å². The molecule has 0 saturated carbocycles. The van der Waals surface area contributed by atoms with Crippen molar-refractivity contribution >= 4 is 27.5 Å². The van der Waals surface area contributed by atoms with Crippen molar-refractivity contribution in [1.29, 1.82) is 0 Å². The highest BCUT2D eigenvalue weighted by molar-refractivity contribution is 9.10. The Labute approximate surface area is 101 Å². The van der Waals surface area contributed by atoms with Crippen LogP contribution in [-0.2, 0) is 0 Å². The third-order valence-corrected chi connectivity index (χ3v) is 2.42. The average Bonchev–Trinajstić information content (AvgIpc) is 2.16. The third kappa shape index (κ3) is 2.52. The van der Waals surface area contributed by atoms with Gasteiger partial charge in [0.2, 0.25) is 5.28 Å². The first-order valence-corrected chi connectivity index (χ1v) is 5.46. The van der Waals surface area contributed by atoms with E-state index in [4.69, 9.17) is 11.6 Å². The Morgan fingerprint density at radius 2 is 1.93 bits per heavy atom. The molecule has 0 aliphatic heterocycles. The molecule has 0 bridgehead atoms. The van der Waals surface area contributed by atoms with Gasteiger partial charge in [0.05, 0.1) is 11.4 Å². The lowest BCUT2D eigenvalue weighted by Gasteiger charge is -2.01. The Balaban J connectivity index is 2.54. The number of hydrogen-bond acceptors (Lipinski definition) is 3. The molecule has 2 aromatic rings. The number of halogens is 2. The van der Waals surface area contributed by atoms with Crippen LogP contribution in [-0.4, -0.2) is 15.0 Å².